The summed E-state index contributed by atoms with van der Waals surface area (Å²) >= 11 is 0. The van der Waals surface area contributed by atoms with Crippen molar-refractivity contribution in [2.75, 3.05) is 19.8 Å². The molecule has 2 rings (SSSR count). The van der Waals surface area contributed by atoms with Crippen molar-refractivity contribution < 1.29 is 24.2 Å². The number of ether oxygens (including phenoxy) is 2. The number of carboxylic acids is 1. The van der Waals surface area contributed by atoms with Gasteiger partial charge in [0, 0.05) is 13.2 Å². The third-order valence-corrected chi connectivity index (χ3v) is 3.39. The predicted octanol–water partition coefficient (Wildman–Crippen LogP) is 1.66. The number of nitrogens with zero attached hydrogens (tertiary/aromatic N) is 2. The van der Waals surface area contributed by atoms with Crippen molar-refractivity contribution in [1.82, 2.24) is 15.3 Å². The van der Waals surface area contributed by atoms with Gasteiger partial charge in [-0.3, -0.25) is 4.79 Å². The third kappa shape index (κ3) is 6.23. The summed E-state index contributed by atoms with van der Waals surface area (Å²) in [4.78, 5) is 30.3. The molecular formula is C18H21N3O5. The maximum atomic E-state index is 12.1. The number of aromatic nitrogens is 2. The first-order valence-electron chi connectivity index (χ1n) is 8.17. The number of aromatic carboxylic acids is 1. The van der Waals surface area contributed by atoms with Gasteiger partial charge < -0.3 is 19.9 Å². The first-order valence-corrected chi connectivity index (χ1v) is 8.17. The van der Waals surface area contributed by atoms with Crippen molar-refractivity contribution in [3.05, 3.63) is 59.2 Å². The van der Waals surface area contributed by atoms with Crippen molar-refractivity contribution >= 4 is 11.9 Å². The normalized spacial score (nSPS) is 10.5. The second kappa shape index (κ2) is 10.2. The Balaban J connectivity index is 1.83. The predicted molar refractivity (Wildman–Crippen MR) is 92.8 cm³/mol. The summed E-state index contributed by atoms with van der Waals surface area (Å²) in [6.45, 7) is 4.48. The number of carboxylic acid groups (broad SMARTS) is 1. The van der Waals surface area contributed by atoms with E-state index in [4.69, 9.17) is 14.6 Å². The average molecular weight is 359 g/mol. The number of hydrogen-bond donors (Lipinski definition) is 2. The van der Waals surface area contributed by atoms with Gasteiger partial charge in [-0.15, -0.1) is 0 Å². The average Bonchev–Trinajstić information content (AvgIpc) is 2.66. The van der Waals surface area contributed by atoms with Gasteiger partial charge in [-0.05, 0) is 18.1 Å². The molecule has 0 unspecified atom stereocenters. The number of hydrogen-bond acceptors (Lipinski definition) is 6. The lowest BCUT2D eigenvalue weighted by atomic mass is 10.1. The Labute approximate surface area is 151 Å². The molecule has 1 aromatic carbocycles. The van der Waals surface area contributed by atoms with Gasteiger partial charge in [-0.25, -0.2) is 14.8 Å². The molecule has 0 aliphatic heterocycles. The summed E-state index contributed by atoms with van der Waals surface area (Å²) in [6, 6.07) is 7.68. The molecule has 2 aromatic rings. The second-order valence-electron chi connectivity index (χ2n) is 5.34. The van der Waals surface area contributed by atoms with E-state index in [-0.39, 0.29) is 11.4 Å². The topological polar surface area (TPSA) is 111 Å². The second-order valence-corrected chi connectivity index (χ2v) is 5.34. The van der Waals surface area contributed by atoms with Gasteiger partial charge in [0.1, 0.15) is 5.69 Å². The summed E-state index contributed by atoms with van der Waals surface area (Å²) in [7, 11) is 0. The highest BCUT2D eigenvalue weighted by molar-refractivity contribution is 5.92. The third-order valence-electron chi connectivity index (χ3n) is 3.39. The number of carbonyl (C=O) groups is 2. The smallest absolute Gasteiger partial charge is 0.356 e. The Morgan fingerprint density at radius 3 is 2.46 bits per heavy atom. The van der Waals surface area contributed by atoms with Crippen molar-refractivity contribution in [3.63, 3.8) is 0 Å². The highest BCUT2D eigenvalue weighted by atomic mass is 16.5. The minimum atomic E-state index is -1.19. The highest BCUT2D eigenvalue weighted by Gasteiger charge is 2.10. The molecule has 8 heteroatoms. The van der Waals surface area contributed by atoms with Crippen LogP contribution in [0.3, 0.4) is 0 Å². The molecule has 0 radical (unpaired) electrons. The Kier molecular flexibility index (Phi) is 7.66. The summed E-state index contributed by atoms with van der Waals surface area (Å²) in [5.41, 5.74) is 1.77. The monoisotopic (exact) mass is 359 g/mol. The van der Waals surface area contributed by atoms with Crippen LogP contribution in [0.4, 0.5) is 0 Å². The minimum absolute atomic E-state index is 0.0606. The Hall–Kier alpha value is -2.84. The van der Waals surface area contributed by atoms with Crippen molar-refractivity contribution in [2.45, 2.75) is 20.1 Å². The van der Waals surface area contributed by atoms with E-state index in [2.05, 4.69) is 15.3 Å². The van der Waals surface area contributed by atoms with Crippen LogP contribution in [0.5, 0.6) is 0 Å². The molecule has 1 heterocycles. The first-order chi connectivity index (χ1) is 12.6. The molecule has 0 aliphatic rings. The van der Waals surface area contributed by atoms with Crippen LogP contribution in [0.15, 0.2) is 36.7 Å². The fraction of sp³-hybridized carbons (Fsp3) is 0.333. The molecule has 0 aliphatic carbocycles. The van der Waals surface area contributed by atoms with E-state index in [0.717, 1.165) is 23.5 Å². The summed E-state index contributed by atoms with van der Waals surface area (Å²) in [5, 5.41) is 11.5. The lowest BCUT2D eigenvalue weighted by Gasteiger charge is -2.08. The SMILES string of the molecule is CCOCCOCc1cccc(CNC(=O)c2cnc(C(=O)O)cn2)c1. The van der Waals surface area contributed by atoms with E-state index in [1.165, 1.54) is 0 Å². The molecule has 0 saturated carbocycles. The Morgan fingerprint density at radius 2 is 1.77 bits per heavy atom. The molecule has 138 valence electrons. The zero-order chi connectivity index (χ0) is 18.8. The molecule has 2 N–H and O–H groups in total. The summed E-state index contributed by atoms with van der Waals surface area (Å²) in [5.74, 6) is -1.61. The van der Waals surface area contributed by atoms with Crippen LogP contribution in [0.1, 0.15) is 39.0 Å². The molecule has 0 bridgehead atoms. The van der Waals surface area contributed by atoms with Gasteiger partial charge in [0.15, 0.2) is 5.69 Å². The van der Waals surface area contributed by atoms with E-state index in [9.17, 15) is 9.59 Å². The quantitative estimate of drug-likeness (QED) is 0.621. The lowest BCUT2D eigenvalue weighted by Crippen LogP contribution is -2.24. The van der Waals surface area contributed by atoms with Crippen LogP contribution in [0.2, 0.25) is 0 Å². The van der Waals surface area contributed by atoms with E-state index in [1.54, 1.807) is 0 Å². The maximum Gasteiger partial charge on any atom is 0.356 e. The number of nitrogens with one attached hydrogen (secondary N) is 1. The van der Waals surface area contributed by atoms with E-state index < -0.39 is 11.9 Å². The summed E-state index contributed by atoms with van der Waals surface area (Å²) in [6.07, 6.45) is 2.19. The van der Waals surface area contributed by atoms with Gasteiger partial charge in [0.05, 0.1) is 32.2 Å². The molecular weight excluding hydrogens is 338 g/mol. The van der Waals surface area contributed by atoms with E-state index in [0.29, 0.717) is 33.0 Å². The standard InChI is InChI=1S/C18H21N3O5/c1-2-25-6-7-26-12-14-5-3-4-13(8-14)9-21-17(22)15-10-20-16(11-19-15)18(23)24/h3-5,8,10-11H,2,6-7,9,12H2,1H3,(H,21,22)(H,23,24). The van der Waals surface area contributed by atoms with Crippen molar-refractivity contribution in [3.8, 4) is 0 Å². The van der Waals surface area contributed by atoms with E-state index in [1.807, 2.05) is 31.2 Å². The fourth-order valence-corrected chi connectivity index (χ4v) is 2.11. The Morgan fingerprint density at radius 1 is 1.08 bits per heavy atom. The number of amides is 1. The Bertz CT molecular complexity index is 734. The van der Waals surface area contributed by atoms with Crippen LogP contribution in [-0.4, -0.2) is 46.8 Å². The molecule has 8 nitrogen and oxygen atoms in total. The molecule has 0 fully saturated rings. The highest BCUT2D eigenvalue weighted by Crippen LogP contribution is 2.07. The zero-order valence-corrected chi connectivity index (χ0v) is 14.5. The van der Waals surface area contributed by atoms with E-state index >= 15 is 0 Å². The van der Waals surface area contributed by atoms with Crippen LogP contribution < -0.4 is 5.32 Å². The minimum Gasteiger partial charge on any atom is -0.476 e. The van der Waals surface area contributed by atoms with Gasteiger partial charge >= 0.3 is 5.97 Å². The lowest BCUT2D eigenvalue weighted by molar-refractivity contribution is 0.0453. The van der Waals surface area contributed by atoms with Crippen LogP contribution in [0.25, 0.3) is 0 Å². The van der Waals surface area contributed by atoms with Crippen molar-refractivity contribution in [1.29, 1.82) is 0 Å². The number of benzene rings is 1. The maximum absolute atomic E-state index is 12.1. The molecule has 0 atom stereocenters. The van der Waals surface area contributed by atoms with Gasteiger partial charge in [0.25, 0.3) is 5.91 Å². The van der Waals surface area contributed by atoms with Crippen LogP contribution in [0, 0.1) is 0 Å². The molecule has 26 heavy (non-hydrogen) atoms. The molecule has 0 saturated heterocycles. The van der Waals surface area contributed by atoms with Gasteiger partial charge in [0.2, 0.25) is 0 Å². The fourth-order valence-electron chi connectivity index (χ4n) is 2.11. The number of rotatable bonds is 10. The molecule has 1 amide bonds. The first kappa shape index (κ1) is 19.5. The number of carbonyl (C=O) groups excluding carboxylic acids is 1. The van der Waals surface area contributed by atoms with Crippen LogP contribution in [-0.2, 0) is 22.6 Å². The molecule has 0 spiro atoms. The largest absolute Gasteiger partial charge is 0.476 e. The molecule has 1 aromatic heterocycles. The zero-order valence-electron chi connectivity index (χ0n) is 14.5. The van der Waals surface area contributed by atoms with Crippen LogP contribution >= 0.6 is 0 Å². The van der Waals surface area contributed by atoms with Gasteiger partial charge in [-0.1, -0.05) is 24.3 Å². The van der Waals surface area contributed by atoms with Crippen molar-refractivity contribution in [2.24, 2.45) is 0 Å². The van der Waals surface area contributed by atoms with Gasteiger partial charge in [-0.2, -0.15) is 0 Å². The summed E-state index contributed by atoms with van der Waals surface area (Å²) < 4.78 is 10.7.